The van der Waals surface area contributed by atoms with Gasteiger partial charge in [-0.25, -0.2) is 4.90 Å². The van der Waals surface area contributed by atoms with Crippen LogP contribution in [0, 0.1) is 5.41 Å². The molecule has 5 nitrogen and oxygen atoms in total. The van der Waals surface area contributed by atoms with Gasteiger partial charge in [-0.15, -0.1) is 0 Å². The Kier molecular flexibility index (Phi) is 3.51. The molecular weight excluding hydrogens is 342 g/mol. The van der Waals surface area contributed by atoms with Gasteiger partial charge in [-0.05, 0) is 17.0 Å². The number of para-hydroxylation sites is 1. The maximum Gasteiger partial charge on any atom is 0.256 e. The summed E-state index contributed by atoms with van der Waals surface area (Å²) in [5, 5.41) is 0. The minimum absolute atomic E-state index is 0.217. The first kappa shape index (κ1) is 17.3. The van der Waals surface area contributed by atoms with Crippen LogP contribution in [0.2, 0.25) is 0 Å². The van der Waals surface area contributed by atoms with Crippen LogP contribution < -0.4 is 4.90 Å². The SMILES string of the molecule is CC(C)(C)c1ccccc1N1C(=O)CC2(C(=O)c3ccccc3C2=O)C1=O. The summed E-state index contributed by atoms with van der Waals surface area (Å²) >= 11 is 0. The van der Waals surface area contributed by atoms with E-state index in [1.165, 1.54) is 12.1 Å². The van der Waals surface area contributed by atoms with Gasteiger partial charge >= 0.3 is 0 Å². The first-order chi connectivity index (χ1) is 12.7. The maximum absolute atomic E-state index is 13.4. The molecule has 2 aromatic carbocycles. The van der Waals surface area contributed by atoms with Crippen LogP contribution >= 0.6 is 0 Å². The molecule has 2 aliphatic rings. The zero-order valence-electron chi connectivity index (χ0n) is 15.4. The smallest absolute Gasteiger partial charge is 0.256 e. The number of fused-ring (bicyclic) bond motifs is 1. The van der Waals surface area contributed by atoms with Gasteiger partial charge in [-0.3, -0.25) is 19.2 Å². The molecule has 1 saturated heterocycles. The van der Waals surface area contributed by atoms with Crippen molar-refractivity contribution in [2.45, 2.75) is 32.6 Å². The summed E-state index contributed by atoms with van der Waals surface area (Å²) in [6.07, 6.45) is -0.420. The summed E-state index contributed by atoms with van der Waals surface area (Å²) in [6, 6.07) is 13.5. The largest absolute Gasteiger partial charge is 0.292 e. The number of carbonyl (C=O) groups excluding carboxylic acids is 4. The molecule has 0 radical (unpaired) electrons. The van der Waals surface area contributed by atoms with E-state index in [0.717, 1.165) is 10.5 Å². The van der Waals surface area contributed by atoms with Crippen LogP contribution in [0.3, 0.4) is 0 Å². The number of hydrogen-bond acceptors (Lipinski definition) is 4. The van der Waals surface area contributed by atoms with Crippen molar-refractivity contribution in [1.82, 2.24) is 0 Å². The van der Waals surface area contributed by atoms with E-state index in [4.69, 9.17) is 0 Å². The molecule has 4 rings (SSSR count). The molecule has 1 aliphatic heterocycles. The molecule has 0 atom stereocenters. The Hall–Kier alpha value is -3.08. The second-order valence-electron chi connectivity index (χ2n) is 8.09. The third-order valence-corrected chi connectivity index (χ3v) is 5.38. The van der Waals surface area contributed by atoms with Crippen LogP contribution in [0.1, 0.15) is 53.5 Å². The fraction of sp³-hybridized carbons (Fsp3) is 0.273. The van der Waals surface area contributed by atoms with Crippen molar-refractivity contribution in [2.24, 2.45) is 5.41 Å². The van der Waals surface area contributed by atoms with Crippen LogP contribution in [-0.2, 0) is 15.0 Å². The van der Waals surface area contributed by atoms with Gasteiger partial charge < -0.3 is 0 Å². The standard InChI is InChI=1S/C22H19NO4/c1-21(2,3)15-10-6-7-11-16(15)23-17(24)12-22(20(23)27)18(25)13-8-4-5-9-14(13)19(22)26/h4-11H,12H2,1-3H3. The van der Waals surface area contributed by atoms with E-state index in [9.17, 15) is 19.2 Å². The minimum Gasteiger partial charge on any atom is -0.292 e. The molecule has 27 heavy (non-hydrogen) atoms. The summed E-state index contributed by atoms with van der Waals surface area (Å²) in [4.78, 5) is 53.3. The lowest BCUT2D eigenvalue weighted by Crippen LogP contribution is -2.43. The molecular formula is C22H19NO4. The Morgan fingerprint density at radius 3 is 1.89 bits per heavy atom. The zero-order valence-corrected chi connectivity index (χ0v) is 15.4. The molecule has 1 aliphatic carbocycles. The van der Waals surface area contributed by atoms with Crippen LogP contribution in [0.4, 0.5) is 5.69 Å². The number of amides is 2. The predicted octanol–water partition coefficient (Wildman–Crippen LogP) is 3.31. The third kappa shape index (κ3) is 2.17. The van der Waals surface area contributed by atoms with Crippen molar-refractivity contribution in [3.63, 3.8) is 0 Å². The topological polar surface area (TPSA) is 71.5 Å². The number of rotatable bonds is 1. The van der Waals surface area contributed by atoms with Gasteiger partial charge in [0.2, 0.25) is 5.91 Å². The molecule has 0 aromatic heterocycles. The number of imide groups is 1. The van der Waals surface area contributed by atoms with Crippen molar-refractivity contribution in [3.05, 3.63) is 65.2 Å². The Morgan fingerprint density at radius 2 is 1.33 bits per heavy atom. The number of anilines is 1. The van der Waals surface area contributed by atoms with Gasteiger partial charge in [0.1, 0.15) is 0 Å². The van der Waals surface area contributed by atoms with Gasteiger partial charge in [0.25, 0.3) is 5.91 Å². The van der Waals surface area contributed by atoms with Gasteiger partial charge in [0.05, 0.1) is 12.1 Å². The average molecular weight is 361 g/mol. The Morgan fingerprint density at radius 1 is 0.815 bits per heavy atom. The Labute approximate surface area is 157 Å². The van der Waals surface area contributed by atoms with Gasteiger partial charge in [-0.1, -0.05) is 63.2 Å². The fourth-order valence-corrected chi connectivity index (χ4v) is 4.03. The number of hydrogen-bond donors (Lipinski definition) is 0. The highest BCUT2D eigenvalue weighted by molar-refractivity contribution is 6.47. The van der Waals surface area contributed by atoms with Gasteiger partial charge in [0.15, 0.2) is 17.0 Å². The van der Waals surface area contributed by atoms with Crippen LogP contribution in [0.15, 0.2) is 48.5 Å². The van der Waals surface area contributed by atoms with Crippen molar-refractivity contribution in [3.8, 4) is 0 Å². The second kappa shape index (κ2) is 5.46. The summed E-state index contributed by atoms with van der Waals surface area (Å²) < 4.78 is 0. The molecule has 1 spiro atoms. The molecule has 136 valence electrons. The number of benzene rings is 2. The Bertz CT molecular complexity index is 994. The number of ketones is 2. The maximum atomic E-state index is 13.4. The van der Waals surface area contributed by atoms with Gasteiger partial charge in [0, 0.05) is 11.1 Å². The van der Waals surface area contributed by atoms with Crippen molar-refractivity contribution in [2.75, 3.05) is 4.90 Å². The van der Waals surface area contributed by atoms with Crippen molar-refractivity contribution < 1.29 is 19.2 Å². The second-order valence-corrected chi connectivity index (χ2v) is 8.09. The number of Topliss-reactive ketones (excluding diaryl/α,β-unsaturated/α-hetero) is 2. The summed E-state index contributed by atoms with van der Waals surface area (Å²) in [5.41, 5.74) is -0.595. The monoisotopic (exact) mass is 361 g/mol. The van der Waals surface area contributed by atoms with E-state index in [2.05, 4.69) is 0 Å². The van der Waals surface area contributed by atoms with Crippen LogP contribution in [0.5, 0.6) is 0 Å². The van der Waals surface area contributed by atoms with E-state index in [1.807, 2.05) is 32.9 Å². The van der Waals surface area contributed by atoms with E-state index < -0.39 is 35.2 Å². The number of carbonyl (C=O) groups is 4. The van der Waals surface area contributed by atoms with Crippen molar-refractivity contribution in [1.29, 1.82) is 0 Å². The number of nitrogens with zero attached hydrogens (tertiary/aromatic N) is 1. The summed E-state index contributed by atoms with van der Waals surface area (Å²) in [6.45, 7) is 5.94. The molecule has 1 heterocycles. The average Bonchev–Trinajstić information content (AvgIpc) is 3.02. The molecule has 0 N–H and O–H groups in total. The third-order valence-electron chi connectivity index (χ3n) is 5.38. The van der Waals surface area contributed by atoms with Crippen LogP contribution in [-0.4, -0.2) is 23.4 Å². The predicted molar refractivity (Wildman–Crippen MR) is 99.8 cm³/mol. The first-order valence-corrected chi connectivity index (χ1v) is 8.85. The molecule has 2 aromatic rings. The normalized spacial score (nSPS) is 18.6. The van der Waals surface area contributed by atoms with Crippen LogP contribution in [0.25, 0.3) is 0 Å². The molecule has 0 unspecified atom stereocenters. The first-order valence-electron chi connectivity index (χ1n) is 8.85. The van der Waals surface area contributed by atoms with E-state index in [-0.39, 0.29) is 16.5 Å². The highest BCUT2D eigenvalue weighted by atomic mass is 16.2. The lowest BCUT2D eigenvalue weighted by molar-refractivity contribution is -0.122. The minimum atomic E-state index is -1.95. The molecule has 0 bridgehead atoms. The fourth-order valence-electron chi connectivity index (χ4n) is 4.03. The molecule has 0 saturated carbocycles. The van der Waals surface area contributed by atoms with E-state index in [1.54, 1.807) is 24.3 Å². The highest BCUT2D eigenvalue weighted by Crippen LogP contribution is 2.47. The highest BCUT2D eigenvalue weighted by Gasteiger charge is 2.66. The van der Waals surface area contributed by atoms with E-state index >= 15 is 0 Å². The van der Waals surface area contributed by atoms with Gasteiger partial charge in [-0.2, -0.15) is 0 Å². The molecule has 2 amide bonds. The quantitative estimate of drug-likeness (QED) is 0.577. The van der Waals surface area contributed by atoms with E-state index in [0.29, 0.717) is 5.69 Å². The van der Waals surface area contributed by atoms with Crippen molar-refractivity contribution >= 4 is 29.1 Å². The lowest BCUT2D eigenvalue weighted by atomic mass is 9.81. The Balaban J connectivity index is 1.87. The molecule has 1 fully saturated rings. The molecule has 5 heteroatoms. The summed E-state index contributed by atoms with van der Waals surface area (Å²) in [7, 11) is 0. The summed E-state index contributed by atoms with van der Waals surface area (Å²) in [5.74, 6) is -2.41. The zero-order chi connectivity index (χ0) is 19.6. The lowest BCUT2D eigenvalue weighted by Gasteiger charge is -2.27.